The first-order valence-corrected chi connectivity index (χ1v) is 8.38. The van der Waals surface area contributed by atoms with Crippen molar-refractivity contribution in [1.29, 1.82) is 0 Å². The molecule has 3 aromatic rings. The molecule has 0 bridgehead atoms. The Labute approximate surface area is 155 Å². The van der Waals surface area contributed by atoms with Gasteiger partial charge in [-0.2, -0.15) is 5.10 Å². The number of hydrogen-bond acceptors (Lipinski definition) is 5. The molecular formula is C19H17N5O3. The smallest absolute Gasteiger partial charge is 0.267 e. The number of ether oxygens (including phenoxy) is 1. The van der Waals surface area contributed by atoms with Crippen molar-refractivity contribution >= 4 is 23.2 Å². The molecule has 8 nitrogen and oxygen atoms in total. The second-order valence-corrected chi connectivity index (χ2v) is 6.15. The van der Waals surface area contributed by atoms with Crippen LogP contribution in [0.15, 0.2) is 55.1 Å². The summed E-state index contributed by atoms with van der Waals surface area (Å²) in [5.41, 5.74) is 2.25. The molecule has 1 aromatic heterocycles. The van der Waals surface area contributed by atoms with Crippen LogP contribution in [0, 0.1) is 0 Å². The molecule has 27 heavy (non-hydrogen) atoms. The molecule has 0 saturated carbocycles. The van der Waals surface area contributed by atoms with Gasteiger partial charge < -0.3 is 15.0 Å². The molecular weight excluding hydrogens is 346 g/mol. The number of amides is 2. The van der Waals surface area contributed by atoms with Crippen molar-refractivity contribution in [2.75, 3.05) is 17.3 Å². The minimum Gasteiger partial charge on any atom is -0.479 e. The van der Waals surface area contributed by atoms with Crippen LogP contribution in [0.5, 0.6) is 5.75 Å². The van der Waals surface area contributed by atoms with Gasteiger partial charge in [-0.25, -0.2) is 9.67 Å². The van der Waals surface area contributed by atoms with Gasteiger partial charge in [-0.1, -0.05) is 12.1 Å². The summed E-state index contributed by atoms with van der Waals surface area (Å²) in [4.78, 5) is 30.4. The number of nitrogens with zero attached hydrogens (tertiary/aromatic N) is 4. The minimum atomic E-state index is -0.530. The van der Waals surface area contributed by atoms with Crippen LogP contribution in [0.1, 0.15) is 17.3 Å². The van der Waals surface area contributed by atoms with Crippen LogP contribution in [0.2, 0.25) is 0 Å². The van der Waals surface area contributed by atoms with Gasteiger partial charge in [0.05, 0.1) is 16.9 Å². The fraction of sp³-hybridized carbons (Fsp3) is 0.158. The van der Waals surface area contributed by atoms with E-state index in [1.54, 1.807) is 50.4 Å². The Morgan fingerprint density at radius 3 is 2.78 bits per heavy atom. The summed E-state index contributed by atoms with van der Waals surface area (Å²) < 4.78 is 7.14. The molecule has 0 fully saturated rings. The van der Waals surface area contributed by atoms with E-state index in [-0.39, 0.29) is 11.8 Å². The molecule has 8 heteroatoms. The zero-order valence-corrected chi connectivity index (χ0v) is 14.8. The average Bonchev–Trinajstić information content (AvgIpc) is 3.21. The Bertz CT molecular complexity index is 1020. The third-order valence-electron chi connectivity index (χ3n) is 4.37. The van der Waals surface area contributed by atoms with E-state index < -0.39 is 6.10 Å². The van der Waals surface area contributed by atoms with Gasteiger partial charge in [0, 0.05) is 12.7 Å². The summed E-state index contributed by atoms with van der Waals surface area (Å²) >= 11 is 0. The molecule has 2 heterocycles. The number of hydrogen-bond donors (Lipinski definition) is 1. The van der Waals surface area contributed by atoms with E-state index in [2.05, 4.69) is 15.4 Å². The van der Waals surface area contributed by atoms with Crippen molar-refractivity contribution in [2.24, 2.45) is 0 Å². The highest BCUT2D eigenvalue weighted by atomic mass is 16.5. The van der Waals surface area contributed by atoms with Gasteiger partial charge in [0.15, 0.2) is 6.10 Å². The summed E-state index contributed by atoms with van der Waals surface area (Å²) in [7, 11) is 1.69. The molecule has 1 aliphatic rings. The number of carbonyl (C=O) groups excluding carboxylic acids is 2. The van der Waals surface area contributed by atoms with Gasteiger partial charge in [0.2, 0.25) is 0 Å². The number of nitrogens with one attached hydrogen (secondary N) is 1. The summed E-state index contributed by atoms with van der Waals surface area (Å²) in [6.45, 7) is 1.71. The van der Waals surface area contributed by atoms with E-state index in [0.29, 0.717) is 28.4 Å². The van der Waals surface area contributed by atoms with Crippen LogP contribution < -0.4 is 15.0 Å². The number of fused-ring (bicyclic) bond motifs is 1. The normalized spacial score (nSPS) is 15.9. The molecule has 0 saturated heterocycles. The maximum absolute atomic E-state index is 12.8. The third kappa shape index (κ3) is 3.01. The lowest BCUT2D eigenvalue weighted by atomic mass is 10.1. The predicted molar refractivity (Wildman–Crippen MR) is 99.3 cm³/mol. The lowest BCUT2D eigenvalue weighted by Crippen LogP contribution is -2.41. The van der Waals surface area contributed by atoms with E-state index in [1.165, 1.54) is 22.2 Å². The van der Waals surface area contributed by atoms with Crippen LogP contribution >= 0.6 is 0 Å². The Morgan fingerprint density at radius 1 is 1.19 bits per heavy atom. The fourth-order valence-corrected chi connectivity index (χ4v) is 2.99. The number of benzene rings is 2. The number of rotatable bonds is 3. The fourth-order valence-electron chi connectivity index (χ4n) is 2.99. The summed E-state index contributed by atoms with van der Waals surface area (Å²) in [6.07, 6.45) is 2.41. The van der Waals surface area contributed by atoms with Crippen molar-refractivity contribution in [2.45, 2.75) is 13.0 Å². The molecule has 1 atom stereocenters. The molecule has 1 N–H and O–H groups in total. The van der Waals surface area contributed by atoms with Crippen molar-refractivity contribution < 1.29 is 14.3 Å². The third-order valence-corrected chi connectivity index (χ3v) is 4.37. The monoisotopic (exact) mass is 363 g/mol. The van der Waals surface area contributed by atoms with Gasteiger partial charge in [-0.3, -0.25) is 9.59 Å². The van der Waals surface area contributed by atoms with Crippen molar-refractivity contribution in [3.63, 3.8) is 0 Å². The first kappa shape index (κ1) is 16.8. The van der Waals surface area contributed by atoms with Crippen molar-refractivity contribution in [3.05, 3.63) is 60.7 Å². The summed E-state index contributed by atoms with van der Waals surface area (Å²) in [5.74, 6) is 0.174. The van der Waals surface area contributed by atoms with Crippen LogP contribution in [0.25, 0.3) is 5.69 Å². The van der Waals surface area contributed by atoms with Crippen molar-refractivity contribution in [1.82, 2.24) is 14.8 Å². The lowest BCUT2D eigenvalue weighted by Gasteiger charge is -2.30. The van der Waals surface area contributed by atoms with Gasteiger partial charge in [-0.15, -0.1) is 0 Å². The number of carbonyl (C=O) groups is 2. The Kier molecular flexibility index (Phi) is 4.08. The zero-order valence-electron chi connectivity index (χ0n) is 14.8. The Hall–Kier alpha value is -3.68. The highest BCUT2D eigenvalue weighted by Gasteiger charge is 2.29. The Morgan fingerprint density at radius 2 is 2.00 bits per heavy atom. The van der Waals surface area contributed by atoms with Crippen LogP contribution in [-0.4, -0.2) is 39.7 Å². The van der Waals surface area contributed by atoms with Crippen LogP contribution in [-0.2, 0) is 4.79 Å². The highest BCUT2D eigenvalue weighted by Crippen LogP contribution is 2.35. The largest absolute Gasteiger partial charge is 0.479 e. The molecule has 1 unspecified atom stereocenters. The summed E-state index contributed by atoms with van der Waals surface area (Å²) in [6, 6.07) is 12.3. The molecule has 0 aliphatic carbocycles. The topological polar surface area (TPSA) is 89.3 Å². The molecule has 0 radical (unpaired) electrons. The van der Waals surface area contributed by atoms with E-state index in [0.717, 1.165) is 0 Å². The molecule has 2 amide bonds. The first-order valence-electron chi connectivity index (χ1n) is 8.38. The van der Waals surface area contributed by atoms with Crippen LogP contribution in [0.3, 0.4) is 0 Å². The summed E-state index contributed by atoms with van der Waals surface area (Å²) in [5, 5.41) is 6.95. The quantitative estimate of drug-likeness (QED) is 0.771. The van der Waals surface area contributed by atoms with E-state index >= 15 is 0 Å². The van der Waals surface area contributed by atoms with E-state index in [4.69, 9.17) is 4.74 Å². The second-order valence-electron chi connectivity index (χ2n) is 6.15. The Balaban J connectivity index is 1.63. The second kappa shape index (κ2) is 6.56. The van der Waals surface area contributed by atoms with Gasteiger partial charge in [-0.05, 0) is 37.3 Å². The SMILES string of the molecule is CC1Oc2ccc(NC(=O)c3ccccc3-n3cncn3)cc2N(C)C1=O. The van der Waals surface area contributed by atoms with Gasteiger partial charge in [0.25, 0.3) is 11.8 Å². The predicted octanol–water partition coefficient (Wildman–Crippen LogP) is 2.26. The number of likely N-dealkylation sites (N-methyl/N-ethyl adjacent to an activating group) is 1. The van der Waals surface area contributed by atoms with E-state index in [1.807, 2.05) is 6.07 Å². The van der Waals surface area contributed by atoms with E-state index in [9.17, 15) is 9.59 Å². The lowest BCUT2D eigenvalue weighted by molar-refractivity contribution is -0.125. The zero-order chi connectivity index (χ0) is 19.0. The maximum atomic E-state index is 12.8. The molecule has 4 rings (SSSR count). The molecule has 1 aliphatic heterocycles. The number of anilines is 2. The number of para-hydroxylation sites is 1. The molecule has 136 valence electrons. The minimum absolute atomic E-state index is 0.137. The van der Waals surface area contributed by atoms with Gasteiger partial charge in [0.1, 0.15) is 18.4 Å². The molecule has 0 spiro atoms. The van der Waals surface area contributed by atoms with Gasteiger partial charge >= 0.3 is 0 Å². The highest BCUT2D eigenvalue weighted by molar-refractivity contribution is 6.07. The standard InChI is InChI=1S/C19H17N5O3/c1-12-19(26)23(2)16-9-13(7-8-17(16)27-12)22-18(25)14-5-3-4-6-15(14)24-11-20-10-21-24/h3-12H,1-2H3,(H,22,25). The van der Waals surface area contributed by atoms with Crippen LogP contribution in [0.4, 0.5) is 11.4 Å². The molecule has 2 aromatic carbocycles. The first-order chi connectivity index (χ1) is 13.0. The van der Waals surface area contributed by atoms with Crippen molar-refractivity contribution in [3.8, 4) is 11.4 Å². The average molecular weight is 363 g/mol. The number of aromatic nitrogens is 3. The maximum Gasteiger partial charge on any atom is 0.267 e.